The first-order valence-corrected chi connectivity index (χ1v) is 8.71. The highest BCUT2D eigenvalue weighted by Gasteiger charge is 2.20. The largest absolute Gasteiger partial charge is 0.378 e. The maximum atomic E-state index is 5.87. The molecule has 1 fully saturated rings. The molecule has 2 rings (SSSR count). The van der Waals surface area contributed by atoms with Crippen LogP contribution in [0.2, 0.25) is 0 Å². The van der Waals surface area contributed by atoms with Crippen LogP contribution in [0.15, 0.2) is 12.4 Å². The van der Waals surface area contributed by atoms with Crippen LogP contribution in [-0.2, 0) is 11.3 Å². The van der Waals surface area contributed by atoms with Crippen LogP contribution in [-0.4, -0.2) is 28.8 Å². The average molecular weight is 293 g/mol. The predicted octanol–water partition coefficient (Wildman–Crippen LogP) is 3.68. The first-order valence-electron chi connectivity index (χ1n) is 8.71. The zero-order valence-corrected chi connectivity index (χ0v) is 13.7. The molecule has 1 aromatic rings. The quantitative estimate of drug-likeness (QED) is 0.755. The number of hydrogen-bond donors (Lipinski definition) is 1. The van der Waals surface area contributed by atoms with Crippen molar-refractivity contribution in [3.63, 3.8) is 0 Å². The second-order valence-corrected chi connectivity index (χ2v) is 6.05. The van der Waals surface area contributed by atoms with Crippen LogP contribution >= 0.6 is 0 Å². The lowest BCUT2D eigenvalue weighted by atomic mass is 10.0. The van der Waals surface area contributed by atoms with Crippen molar-refractivity contribution in [1.29, 1.82) is 0 Å². The summed E-state index contributed by atoms with van der Waals surface area (Å²) in [5.41, 5.74) is 0. The van der Waals surface area contributed by atoms with E-state index in [9.17, 15) is 0 Å². The normalized spacial score (nSPS) is 20.6. The van der Waals surface area contributed by atoms with E-state index in [1.54, 1.807) is 0 Å². The molecule has 1 N–H and O–H groups in total. The van der Waals surface area contributed by atoms with E-state index < -0.39 is 0 Å². The fraction of sp³-hybridized carbons (Fsp3) is 0.824. The Kier molecular flexibility index (Phi) is 7.24. The van der Waals surface area contributed by atoms with Crippen LogP contribution in [0.4, 0.5) is 0 Å². The molecule has 1 aliphatic heterocycles. The second-order valence-electron chi connectivity index (χ2n) is 6.05. The summed E-state index contributed by atoms with van der Waals surface area (Å²) in [6, 6.07) is 0.358. The molecule has 1 aliphatic rings. The fourth-order valence-corrected chi connectivity index (χ4v) is 3.09. The molecule has 0 saturated carbocycles. The first-order chi connectivity index (χ1) is 10.3. The molecule has 2 atom stereocenters. The Morgan fingerprint density at radius 3 is 3.00 bits per heavy atom. The van der Waals surface area contributed by atoms with Crippen molar-refractivity contribution in [2.75, 3.05) is 13.2 Å². The molecular weight excluding hydrogens is 262 g/mol. The highest BCUT2D eigenvalue weighted by molar-refractivity contribution is 5.00. The fourth-order valence-electron chi connectivity index (χ4n) is 3.09. The van der Waals surface area contributed by atoms with Gasteiger partial charge in [-0.05, 0) is 51.5 Å². The molecule has 0 bridgehead atoms. The third-order valence-corrected chi connectivity index (χ3v) is 4.22. The summed E-state index contributed by atoms with van der Waals surface area (Å²) in [6.07, 6.45) is 12.8. The summed E-state index contributed by atoms with van der Waals surface area (Å²) in [4.78, 5) is 4.61. The Bertz CT molecular complexity index is 385. The molecule has 0 aromatic carbocycles. The first kappa shape index (κ1) is 16.5. The van der Waals surface area contributed by atoms with Crippen LogP contribution in [0.3, 0.4) is 0 Å². The van der Waals surface area contributed by atoms with Crippen molar-refractivity contribution < 1.29 is 4.74 Å². The third kappa shape index (κ3) is 5.11. The number of nitrogens with one attached hydrogen (secondary N) is 1. The van der Waals surface area contributed by atoms with Gasteiger partial charge in [-0.15, -0.1) is 0 Å². The molecular formula is C17H31N3O. The zero-order chi connectivity index (χ0) is 14.9. The summed E-state index contributed by atoms with van der Waals surface area (Å²) < 4.78 is 8.17. The van der Waals surface area contributed by atoms with Crippen LogP contribution in [0.5, 0.6) is 0 Å². The number of nitrogens with zero attached hydrogens (tertiary/aromatic N) is 2. The van der Waals surface area contributed by atoms with E-state index in [1.165, 1.54) is 25.1 Å². The molecule has 0 spiro atoms. The number of aryl methyl sites for hydroxylation is 1. The van der Waals surface area contributed by atoms with Gasteiger partial charge in [-0.1, -0.05) is 13.8 Å². The van der Waals surface area contributed by atoms with Crippen LogP contribution in [0.1, 0.15) is 70.7 Å². The molecule has 2 heterocycles. The Balaban J connectivity index is 1.94. The van der Waals surface area contributed by atoms with Crippen molar-refractivity contribution >= 4 is 0 Å². The lowest BCUT2D eigenvalue weighted by Crippen LogP contribution is -2.27. The average Bonchev–Trinajstić information content (AvgIpc) is 2.97. The molecule has 4 heteroatoms. The van der Waals surface area contributed by atoms with E-state index in [0.29, 0.717) is 12.1 Å². The van der Waals surface area contributed by atoms with Crippen molar-refractivity contribution in [2.45, 2.75) is 77.5 Å². The van der Waals surface area contributed by atoms with Crippen molar-refractivity contribution in [2.24, 2.45) is 0 Å². The van der Waals surface area contributed by atoms with Crippen LogP contribution in [0.25, 0.3) is 0 Å². The van der Waals surface area contributed by atoms with Gasteiger partial charge in [-0.3, -0.25) is 0 Å². The van der Waals surface area contributed by atoms with Crippen molar-refractivity contribution in [3.05, 3.63) is 18.2 Å². The molecule has 21 heavy (non-hydrogen) atoms. The van der Waals surface area contributed by atoms with E-state index >= 15 is 0 Å². The maximum absolute atomic E-state index is 5.87. The number of rotatable bonds is 9. The van der Waals surface area contributed by atoms with E-state index in [4.69, 9.17) is 4.74 Å². The van der Waals surface area contributed by atoms with Gasteiger partial charge in [0.2, 0.25) is 0 Å². The van der Waals surface area contributed by atoms with Crippen molar-refractivity contribution in [1.82, 2.24) is 14.9 Å². The minimum absolute atomic E-state index is 0.358. The van der Waals surface area contributed by atoms with Crippen molar-refractivity contribution in [3.8, 4) is 0 Å². The van der Waals surface area contributed by atoms with Gasteiger partial charge in [-0.25, -0.2) is 4.98 Å². The van der Waals surface area contributed by atoms with Gasteiger partial charge in [0.1, 0.15) is 5.82 Å². The predicted molar refractivity (Wildman–Crippen MR) is 86.4 cm³/mol. The van der Waals surface area contributed by atoms with Gasteiger partial charge in [0, 0.05) is 25.5 Å². The minimum atomic E-state index is 0.358. The summed E-state index contributed by atoms with van der Waals surface area (Å²) in [5, 5.41) is 3.67. The van der Waals surface area contributed by atoms with E-state index in [2.05, 4.69) is 34.9 Å². The molecule has 0 aliphatic carbocycles. The Morgan fingerprint density at radius 2 is 2.29 bits per heavy atom. The van der Waals surface area contributed by atoms with Gasteiger partial charge in [-0.2, -0.15) is 0 Å². The molecule has 4 nitrogen and oxygen atoms in total. The van der Waals surface area contributed by atoms with Gasteiger partial charge < -0.3 is 14.6 Å². The highest BCUT2D eigenvalue weighted by atomic mass is 16.5. The summed E-state index contributed by atoms with van der Waals surface area (Å²) >= 11 is 0. The third-order valence-electron chi connectivity index (χ3n) is 4.22. The topological polar surface area (TPSA) is 39.1 Å². The molecule has 0 amide bonds. The summed E-state index contributed by atoms with van der Waals surface area (Å²) in [7, 11) is 0. The van der Waals surface area contributed by atoms with E-state index in [1.807, 2.05) is 6.20 Å². The highest BCUT2D eigenvalue weighted by Crippen LogP contribution is 2.23. The molecule has 120 valence electrons. The van der Waals surface area contributed by atoms with Crippen LogP contribution in [0, 0.1) is 0 Å². The molecule has 2 unspecified atom stereocenters. The smallest absolute Gasteiger partial charge is 0.125 e. The van der Waals surface area contributed by atoms with Gasteiger partial charge in [0.15, 0.2) is 0 Å². The van der Waals surface area contributed by atoms with E-state index in [0.717, 1.165) is 45.4 Å². The minimum Gasteiger partial charge on any atom is -0.378 e. The maximum Gasteiger partial charge on any atom is 0.125 e. The molecule has 1 aromatic heterocycles. The Morgan fingerprint density at radius 1 is 1.38 bits per heavy atom. The number of aromatic nitrogens is 2. The van der Waals surface area contributed by atoms with E-state index in [-0.39, 0.29) is 0 Å². The van der Waals surface area contributed by atoms with Crippen LogP contribution < -0.4 is 5.32 Å². The van der Waals surface area contributed by atoms with Gasteiger partial charge >= 0.3 is 0 Å². The lowest BCUT2D eigenvalue weighted by molar-refractivity contribution is 0.00835. The Hall–Kier alpha value is -0.870. The number of ether oxygens (including phenoxy) is 1. The summed E-state index contributed by atoms with van der Waals surface area (Å²) in [5.74, 6) is 1.20. The number of imidazole rings is 1. The van der Waals surface area contributed by atoms with Gasteiger partial charge in [0.25, 0.3) is 0 Å². The monoisotopic (exact) mass is 293 g/mol. The SMILES string of the molecule is CCCNC(CCC1CCCCO1)c1nccn1CCC. The lowest BCUT2D eigenvalue weighted by Gasteiger charge is -2.25. The molecule has 1 saturated heterocycles. The van der Waals surface area contributed by atoms with Gasteiger partial charge in [0.05, 0.1) is 12.1 Å². The Labute approximate surface area is 129 Å². The summed E-state index contributed by atoms with van der Waals surface area (Å²) in [6.45, 7) is 7.48. The zero-order valence-electron chi connectivity index (χ0n) is 13.7. The second kappa shape index (κ2) is 9.21. The number of hydrogen-bond acceptors (Lipinski definition) is 3. The standard InChI is InChI=1S/C17H31N3O/c1-3-10-18-16(9-8-15-7-5-6-14-21-15)17-19-11-13-20(17)12-4-2/h11,13,15-16,18H,3-10,12,14H2,1-2H3. The molecule has 0 radical (unpaired) electrons.